The summed E-state index contributed by atoms with van der Waals surface area (Å²) in [4.78, 5) is 24.3. The van der Waals surface area contributed by atoms with Crippen LogP contribution in [0.1, 0.15) is 25.7 Å². The average molecular weight is 332 g/mol. The first kappa shape index (κ1) is 17.0. The van der Waals surface area contributed by atoms with Crippen LogP contribution in [0.5, 0.6) is 0 Å². The summed E-state index contributed by atoms with van der Waals surface area (Å²) in [6.07, 6.45) is 5.58. The second-order valence-electron chi connectivity index (χ2n) is 7.08. The molecule has 7 nitrogen and oxygen atoms in total. The first-order valence-corrected chi connectivity index (χ1v) is 8.85. The number of amides is 1. The summed E-state index contributed by atoms with van der Waals surface area (Å²) in [7, 11) is 3.97. The normalized spacial score (nSPS) is 22.9. The van der Waals surface area contributed by atoms with E-state index in [-0.39, 0.29) is 5.91 Å². The van der Waals surface area contributed by atoms with Gasteiger partial charge < -0.3 is 20.4 Å². The fourth-order valence-corrected chi connectivity index (χ4v) is 3.44. The Morgan fingerprint density at radius 3 is 2.75 bits per heavy atom. The van der Waals surface area contributed by atoms with Crippen molar-refractivity contribution in [3.05, 3.63) is 12.4 Å². The van der Waals surface area contributed by atoms with E-state index in [0.29, 0.717) is 18.4 Å². The molecule has 2 fully saturated rings. The Morgan fingerprint density at radius 2 is 2.08 bits per heavy atom. The SMILES string of the molecule is CN(C)c1cc(NC2CCN(CC3CCC(=O)NC3)CC2)ncn1. The zero-order valence-electron chi connectivity index (χ0n) is 14.7. The van der Waals surface area contributed by atoms with E-state index in [9.17, 15) is 4.79 Å². The number of likely N-dealkylation sites (tertiary alicyclic amines) is 1. The van der Waals surface area contributed by atoms with Gasteiger partial charge in [-0.1, -0.05) is 0 Å². The van der Waals surface area contributed by atoms with Crippen LogP contribution in [-0.4, -0.2) is 67.1 Å². The third-order valence-electron chi connectivity index (χ3n) is 4.93. The first-order valence-electron chi connectivity index (χ1n) is 8.85. The molecule has 3 heterocycles. The number of aromatic nitrogens is 2. The van der Waals surface area contributed by atoms with Crippen molar-refractivity contribution < 1.29 is 4.79 Å². The van der Waals surface area contributed by atoms with Crippen LogP contribution in [0.2, 0.25) is 0 Å². The highest BCUT2D eigenvalue weighted by Crippen LogP contribution is 2.20. The van der Waals surface area contributed by atoms with Gasteiger partial charge >= 0.3 is 0 Å². The minimum atomic E-state index is 0.205. The molecule has 7 heteroatoms. The van der Waals surface area contributed by atoms with Crippen LogP contribution in [0, 0.1) is 5.92 Å². The number of hydrogen-bond donors (Lipinski definition) is 2. The molecular formula is C17H28N6O. The summed E-state index contributed by atoms with van der Waals surface area (Å²) in [6, 6.07) is 2.47. The van der Waals surface area contributed by atoms with Gasteiger partial charge in [0, 0.05) is 58.8 Å². The summed E-state index contributed by atoms with van der Waals surface area (Å²) in [5, 5.41) is 6.53. The number of hydrogen-bond acceptors (Lipinski definition) is 6. The maximum absolute atomic E-state index is 11.2. The molecule has 2 N–H and O–H groups in total. The molecule has 1 amide bonds. The minimum absolute atomic E-state index is 0.205. The molecule has 0 aliphatic carbocycles. The Morgan fingerprint density at radius 1 is 1.29 bits per heavy atom. The molecule has 132 valence electrons. The fourth-order valence-electron chi connectivity index (χ4n) is 3.44. The van der Waals surface area contributed by atoms with Crippen LogP contribution in [0.3, 0.4) is 0 Å². The smallest absolute Gasteiger partial charge is 0.220 e. The minimum Gasteiger partial charge on any atom is -0.367 e. The van der Waals surface area contributed by atoms with Crippen LogP contribution in [-0.2, 0) is 4.79 Å². The molecule has 0 bridgehead atoms. The van der Waals surface area contributed by atoms with E-state index in [4.69, 9.17) is 0 Å². The highest BCUT2D eigenvalue weighted by atomic mass is 16.1. The van der Waals surface area contributed by atoms with E-state index in [2.05, 4.69) is 25.5 Å². The lowest BCUT2D eigenvalue weighted by Gasteiger charge is -2.35. The number of carbonyl (C=O) groups is 1. The van der Waals surface area contributed by atoms with E-state index in [1.165, 1.54) is 0 Å². The van der Waals surface area contributed by atoms with Crippen molar-refractivity contribution in [2.24, 2.45) is 5.92 Å². The highest BCUT2D eigenvalue weighted by molar-refractivity contribution is 5.76. The molecule has 1 atom stereocenters. The van der Waals surface area contributed by atoms with Gasteiger partial charge in [0.25, 0.3) is 0 Å². The van der Waals surface area contributed by atoms with Crippen LogP contribution < -0.4 is 15.5 Å². The van der Waals surface area contributed by atoms with Gasteiger partial charge in [-0.2, -0.15) is 0 Å². The predicted octanol–water partition coefficient (Wildman–Crippen LogP) is 0.945. The maximum Gasteiger partial charge on any atom is 0.220 e. The van der Waals surface area contributed by atoms with Crippen molar-refractivity contribution in [3.8, 4) is 0 Å². The van der Waals surface area contributed by atoms with Crippen molar-refractivity contribution >= 4 is 17.5 Å². The van der Waals surface area contributed by atoms with Crippen LogP contribution in [0.15, 0.2) is 12.4 Å². The van der Waals surface area contributed by atoms with Crippen LogP contribution in [0.4, 0.5) is 11.6 Å². The van der Waals surface area contributed by atoms with Gasteiger partial charge in [-0.15, -0.1) is 0 Å². The Hall–Kier alpha value is -1.89. The Balaban J connectivity index is 1.43. The first-order chi connectivity index (χ1) is 11.6. The topological polar surface area (TPSA) is 73.4 Å². The van der Waals surface area contributed by atoms with Crippen molar-refractivity contribution in [1.82, 2.24) is 20.2 Å². The van der Waals surface area contributed by atoms with Crippen LogP contribution >= 0.6 is 0 Å². The Labute approximate surface area is 143 Å². The van der Waals surface area contributed by atoms with Gasteiger partial charge in [0.05, 0.1) is 0 Å². The fraction of sp³-hybridized carbons (Fsp3) is 0.706. The highest BCUT2D eigenvalue weighted by Gasteiger charge is 2.24. The lowest BCUT2D eigenvalue weighted by atomic mass is 9.96. The van der Waals surface area contributed by atoms with Crippen molar-refractivity contribution in [2.45, 2.75) is 31.7 Å². The monoisotopic (exact) mass is 332 g/mol. The summed E-state index contributed by atoms with van der Waals surface area (Å²) in [5.74, 6) is 2.64. The summed E-state index contributed by atoms with van der Waals surface area (Å²) in [5.41, 5.74) is 0. The zero-order valence-corrected chi connectivity index (χ0v) is 14.7. The summed E-state index contributed by atoms with van der Waals surface area (Å²) in [6.45, 7) is 4.15. The lowest BCUT2D eigenvalue weighted by Crippen LogP contribution is -2.45. The number of anilines is 2. The molecule has 1 aromatic heterocycles. The van der Waals surface area contributed by atoms with E-state index in [0.717, 1.165) is 57.1 Å². The van der Waals surface area contributed by atoms with Gasteiger partial charge in [-0.3, -0.25) is 4.79 Å². The third kappa shape index (κ3) is 4.56. The summed E-state index contributed by atoms with van der Waals surface area (Å²) < 4.78 is 0. The molecular weight excluding hydrogens is 304 g/mol. The molecule has 1 unspecified atom stereocenters. The number of nitrogens with one attached hydrogen (secondary N) is 2. The maximum atomic E-state index is 11.2. The average Bonchev–Trinajstić information content (AvgIpc) is 2.59. The van der Waals surface area contributed by atoms with Gasteiger partial charge in [-0.25, -0.2) is 9.97 Å². The number of piperidine rings is 2. The van der Waals surface area contributed by atoms with Gasteiger partial charge in [0.1, 0.15) is 18.0 Å². The number of carbonyl (C=O) groups excluding carboxylic acids is 1. The summed E-state index contributed by atoms with van der Waals surface area (Å²) >= 11 is 0. The van der Waals surface area contributed by atoms with Crippen molar-refractivity contribution in [3.63, 3.8) is 0 Å². The van der Waals surface area contributed by atoms with Crippen LogP contribution in [0.25, 0.3) is 0 Å². The molecule has 0 radical (unpaired) electrons. The zero-order chi connectivity index (χ0) is 16.9. The molecule has 0 spiro atoms. The molecule has 2 aliphatic heterocycles. The van der Waals surface area contributed by atoms with Crippen molar-refractivity contribution in [2.75, 3.05) is 50.5 Å². The van der Waals surface area contributed by atoms with E-state index >= 15 is 0 Å². The molecule has 3 rings (SSSR count). The molecule has 0 aromatic carbocycles. The number of nitrogens with zero attached hydrogens (tertiary/aromatic N) is 4. The number of rotatable bonds is 5. The quantitative estimate of drug-likeness (QED) is 0.836. The Kier molecular flexibility index (Phi) is 5.50. The molecule has 2 aliphatic rings. The van der Waals surface area contributed by atoms with Gasteiger partial charge in [-0.05, 0) is 25.2 Å². The van der Waals surface area contributed by atoms with Gasteiger partial charge in [0.15, 0.2) is 0 Å². The van der Waals surface area contributed by atoms with Gasteiger partial charge in [0.2, 0.25) is 5.91 Å². The van der Waals surface area contributed by atoms with E-state index < -0.39 is 0 Å². The van der Waals surface area contributed by atoms with E-state index in [1.54, 1.807) is 6.33 Å². The molecule has 2 saturated heterocycles. The predicted molar refractivity (Wildman–Crippen MR) is 95.2 cm³/mol. The second-order valence-corrected chi connectivity index (χ2v) is 7.08. The molecule has 24 heavy (non-hydrogen) atoms. The molecule has 1 aromatic rings. The van der Waals surface area contributed by atoms with E-state index in [1.807, 2.05) is 25.1 Å². The Bertz CT molecular complexity index is 546. The molecule has 0 saturated carbocycles. The lowest BCUT2D eigenvalue weighted by molar-refractivity contribution is -0.123. The second kappa shape index (κ2) is 7.79. The largest absolute Gasteiger partial charge is 0.367 e. The third-order valence-corrected chi connectivity index (χ3v) is 4.93. The van der Waals surface area contributed by atoms with Crippen molar-refractivity contribution in [1.29, 1.82) is 0 Å². The standard InChI is InChI=1S/C17H28N6O/c1-22(2)16-9-15(19-12-20-16)21-14-5-7-23(8-6-14)11-13-3-4-17(24)18-10-13/h9,12-14H,3-8,10-11H2,1-2H3,(H,18,24)(H,19,20,21).